The van der Waals surface area contributed by atoms with Gasteiger partial charge in [-0.25, -0.2) is 18.7 Å². The summed E-state index contributed by atoms with van der Waals surface area (Å²) in [6.07, 6.45) is 22.2. The molecule has 2 aliphatic carbocycles. The maximum absolute atomic E-state index is 14.2. The van der Waals surface area contributed by atoms with Gasteiger partial charge in [-0.1, -0.05) is 0 Å². The highest BCUT2D eigenvalue weighted by molar-refractivity contribution is 5.92. The lowest BCUT2D eigenvalue weighted by Gasteiger charge is -2.36. The molecule has 62 heavy (non-hydrogen) atoms. The predicted octanol–water partition coefficient (Wildman–Crippen LogP) is 9.70. The largest absolute Gasteiger partial charge is 0.388 e. The smallest absolute Gasteiger partial charge is 0.132 e. The van der Waals surface area contributed by atoms with Crippen LogP contribution in [0, 0.1) is 23.5 Å². The van der Waals surface area contributed by atoms with E-state index in [-0.39, 0.29) is 23.5 Å². The summed E-state index contributed by atoms with van der Waals surface area (Å²) >= 11 is 0. The molecule has 2 N–H and O–H groups in total. The van der Waals surface area contributed by atoms with Gasteiger partial charge in [0, 0.05) is 72.9 Å². The Bertz CT molecular complexity index is 2710. The molecule has 6 aromatic heterocycles. The molecule has 8 heterocycles. The first kappa shape index (κ1) is 38.9. The molecule has 2 saturated carbocycles. The summed E-state index contributed by atoms with van der Waals surface area (Å²) in [5.74, 6) is 1.05. The molecule has 0 amide bonds. The lowest BCUT2D eigenvalue weighted by atomic mass is 9.84. The number of anilines is 2. The van der Waals surface area contributed by atoms with Crippen LogP contribution in [0.1, 0.15) is 97.7 Å². The molecule has 0 radical (unpaired) electrons. The van der Waals surface area contributed by atoms with Crippen LogP contribution in [0.2, 0.25) is 0 Å². The second kappa shape index (κ2) is 16.0. The van der Waals surface area contributed by atoms with Gasteiger partial charge in [-0.3, -0.25) is 9.97 Å². The van der Waals surface area contributed by atoms with E-state index in [9.17, 15) is 19.0 Å². The number of pyridine rings is 4. The predicted molar refractivity (Wildman–Crippen MR) is 238 cm³/mol. The summed E-state index contributed by atoms with van der Waals surface area (Å²) in [5, 5.41) is 24.0. The number of hydrogen-bond acceptors (Lipinski definition) is 8. The second-order valence-corrected chi connectivity index (χ2v) is 17.8. The Balaban J connectivity index is 0.000000139. The molecular weight excluding hydrogens is 783 g/mol. The van der Waals surface area contributed by atoms with Crippen LogP contribution in [-0.2, 0) is 0 Å². The number of piperidine rings is 2. The third-order valence-corrected chi connectivity index (χ3v) is 14.0. The number of hydrogen-bond donors (Lipinski definition) is 2. The Morgan fingerprint density at radius 3 is 1.35 bits per heavy atom. The van der Waals surface area contributed by atoms with Crippen molar-refractivity contribution in [3.8, 4) is 0 Å². The third-order valence-electron chi connectivity index (χ3n) is 14.0. The average Bonchev–Trinajstić information content (AvgIpc) is 4.25. The molecule has 0 bridgehead atoms. The summed E-state index contributed by atoms with van der Waals surface area (Å²) in [5.41, 5.74) is 10.1. The summed E-state index contributed by atoms with van der Waals surface area (Å²) in [7, 11) is 0. The molecule has 4 aliphatic rings. The van der Waals surface area contributed by atoms with Crippen molar-refractivity contribution in [1.29, 1.82) is 0 Å². The highest BCUT2D eigenvalue weighted by Gasteiger charge is 2.36. The first-order valence-electron chi connectivity index (χ1n) is 22.2. The number of halogens is 2. The van der Waals surface area contributed by atoms with E-state index in [1.807, 2.05) is 33.3 Å². The van der Waals surface area contributed by atoms with Crippen molar-refractivity contribution in [3.05, 3.63) is 144 Å². The first-order chi connectivity index (χ1) is 30.4. The SMILES string of the molecule is O[C@@H](c1c(C2CC2)ccn2cncc12)C1CCN(c2ccc(F)c3cccnc23)CC1.O[C@H](c1c(C2CC2)ccn2cncc12)C1CCN(c2ccc(F)c3cccnc23)CC1. The molecular formula is C50H50F2N8O2. The molecule has 316 valence electrons. The highest BCUT2D eigenvalue weighted by atomic mass is 19.1. The van der Waals surface area contributed by atoms with Crippen LogP contribution < -0.4 is 9.80 Å². The number of imidazole rings is 2. The van der Waals surface area contributed by atoms with Crippen LogP contribution in [0.25, 0.3) is 32.8 Å². The Kier molecular flexibility index (Phi) is 10.1. The van der Waals surface area contributed by atoms with Crippen molar-refractivity contribution >= 4 is 44.2 Å². The molecule has 0 spiro atoms. The minimum absolute atomic E-state index is 0.189. The van der Waals surface area contributed by atoms with E-state index in [2.05, 4.69) is 54.3 Å². The van der Waals surface area contributed by atoms with E-state index in [1.54, 1.807) is 49.3 Å². The second-order valence-electron chi connectivity index (χ2n) is 17.8. The van der Waals surface area contributed by atoms with Gasteiger partial charge in [0.15, 0.2) is 0 Å². The average molecular weight is 833 g/mol. The Morgan fingerprint density at radius 2 is 0.952 bits per heavy atom. The topological polar surface area (TPSA) is 107 Å². The molecule has 2 aliphatic heterocycles. The van der Waals surface area contributed by atoms with Gasteiger partial charge in [0.1, 0.15) is 11.6 Å². The quantitative estimate of drug-likeness (QED) is 0.156. The Labute approximate surface area is 358 Å². The minimum Gasteiger partial charge on any atom is -0.388 e. The van der Waals surface area contributed by atoms with Crippen LogP contribution in [0.5, 0.6) is 0 Å². The van der Waals surface area contributed by atoms with Crippen molar-refractivity contribution in [2.75, 3.05) is 36.0 Å². The van der Waals surface area contributed by atoms with Crippen molar-refractivity contribution < 1.29 is 19.0 Å². The number of aliphatic hydroxyl groups excluding tert-OH is 2. The first-order valence-corrected chi connectivity index (χ1v) is 22.2. The van der Waals surface area contributed by atoms with Gasteiger partial charge >= 0.3 is 0 Å². The summed E-state index contributed by atoms with van der Waals surface area (Å²) in [6, 6.07) is 18.2. The van der Waals surface area contributed by atoms with Gasteiger partial charge < -0.3 is 28.8 Å². The molecule has 2 saturated heterocycles. The Hall–Kier alpha value is -5.98. The van der Waals surface area contributed by atoms with Crippen molar-refractivity contribution in [2.24, 2.45) is 11.8 Å². The molecule has 4 fully saturated rings. The molecule has 12 rings (SSSR count). The van der Waals surface area contributed by atoms with Gasteiger partial charge in [-0.2, -0.15) is 0 Å². The summed E-state index contributed by atoms with van der Waals surface area (Å²) in [4.78, 5) is 22.1. The molecule has 10 nitrogen and oxygen atoms in total. The number of nitrogens with zero attached hydrogens (tertiary/aromatic N) is 8. The van der Waals surface area contributed by atoms with Gasteiger partial charge in [0.05, 0.1) is 70.7 Å². The van der Waals surface area contributed by atoms with Gasteiger partial charge in [-0.15, -0.1) is 0 Å². The zero-order valence-electron chi connectivity index (χ0n) is 34.6. The number of fused-ring (bicyclic) bond motifs is 4. The maximum atomic E-state index is 14.2. The van der Waals surface area contributed by atoms with E-state index in [0.717, 1.165) is 85.4 Å². The minimum atomic E-state index is -0.499. The number of aliphatic hydroxyl groups is 2. The van der Waals surface area contributed by atoms with E-state index in [0.29, 0.717) is 33.6 Å². The van der Waals surface area contributed by atoms with Crippen LogP contribution in [-0.4, -0.2) is 65.1 Å². The fourth-order valence-electron chi connectivity index (χ4n) is 10.3. The lowest BCUT2D eigenvalue weighted by Crippen LogP contribution is -2.36. The van der Waals surface area contributed by atoms with Crippen molar-refractivity contribution in [1.82, 2.24) is 28.7 Å². The van der Waals surface area contributed by atoms with E-state index in [4.69, 9.17) is 0 Å². The lowest BCUT2D eigenvalue weighted by molar-refractivity contribution is 0.0930. The Morgan fingerprint density at radius 1 is 0.532 bits per heavy atom. The zero-order valence-corrected chi connectivity index (χ0v) is 34.6. The van der Waals surface area contributed by atoms with Gasteiger partial charge in [0.2, 0.25) is 0 Å². The molecule has 0 unspecified atom stereocenters. The van der Waals surface area contributed by atoms with E-state index in [1.165, 1.54) is 48.9 Å². The molecule has 2 aromatic carbocycles. The maximum Gasteiger partial charge on any atom is 0.132 e. The molecule has 8 aromatic rings. The van der Waals surface area contributed by atoms with E-state index >= 15 is 0 Å². The van der Waals surface area contributed by atoms with Crippen LogP contribution >= 0.6 is 0 Å². The van der Waals surface area contributed by atoms with Crippen molar-refractivity contribution in [2.45, 2.75) is 75.4 Å². The van der Waals surface area contributed by atoms with Gasteiger partial charge in [-0.05, 0) is 147 Å². The number of benzene rings is 2. The number of rotatable bonds is 8. The monoisotopic (exact) mass is 832 g/mol. The third kappa shape index (κ3) is 7.12. The van der Waals surface area contributed by atoms with Crippen molar-refractivity contribution in [3.63, 3.8) is 0 Å². The van der Waals surface area contributed by atoms with Crippen LogP contribution in [0.4, 0.5) is 20.2 Å². The molecule has 2 atom stereocenters. The summed E-state index contributed by atoms with van der Waals surface area (Å²) < 4.78 is 32.4. The highest BCUT2D eigenvalue weighted by Crippen LogP contribution is 2.48. The molecule has 12 heteroatoms. The number of aromatic nitrogens is 6. The van der Waals surface area contributed by atoms with Crippen LogP contribution in [0.15, 0.2) is 110 Å². The normalized spacial score (nSPS) is 18.7. The summed E-state index contributed by atoms with van der Waals surface area (Å²) in [6.45, 7) is 3.28. The van der Waals surface area contributed by atoms with E-state index < -0.39 is 12.2 Å². The zero-order chi connectivity index (χ0) is 41.9. The fraction of sp³-hybridized carbons (Fsp3) is 0.360. The fourth-order valence-corrected chi connectivity index (χ4v) is 10.3. The standard InChI is InChI=1S/2C25H25FN4O/c2*26-20-5-6-21(24-19(20)2-1-10-28-24)29-11-7-17(8-12-29)25(31)23-18(16-3-4-16)9-13-30-15-27-14-22(23)30/h2*1-2,5-6,9-10,13-17,25,31H,3-4,7-8,11-12H2/t2*25-/m10/s1. The van der Waals surface area contributed by atoms with Gasteiger partial charge in [0.25, 0.3) is 0 Å². The van der Waals surface area contributed by atoms with Crippen LogP contribution in [0.3, 0.4) is 0 Å².